The van der Waals surface area contributed by atoms with Gasteiger partial charge in [0.2, 0.25) is 0 Å². The number of para-hydroxylation sites is 1. The lowest BCUT2D eigenvalue weighted by molar-refractivity contribution is -0.0541. The van der Waals surface area contributed by atoms with Crippen LogP contribution in [0.5, 0.6) is 0 Å². The lowest BCUT2D eigenvalue weighted by Gasteiger charge is -2.19. The third kappa shape index (κ3) is 3.26. The van der Waals surface area contributed by atoms with E-state index in [9.17, 15) is 4.39 Å². The molecular weight excluding hydrogens is 273 g/mol. The maximum atomic E-state index is 13.8. The molecule has 1 aliphatic rings. The molecule has 1 aliphatic heterocycles. The molecule has 0 amide bonds. The van der Waals surface area contributed by atoms with Gasteiger partial charge >= 0.3 is 0 Å². The zero-order valence-electron chi connectivity index (χ0n) is 12.1. The summed E-state index contributed by atoms with van der Waals surface area (Å²) in [5.74, 6) is 0.393. The van der Waals surface area contributed by atoms with Gasteiger partial charge in [-0.1, -0.05) is 19.1 Å². The summed E-state index contributed by atoms with van der Waals surface area (Å²) >= 11 is 0. The summed E-state index contributed by atoms with van der Waals surface area (Å²) < 4.78 is 30.5. The summed E-state index contributed by atoms with van der Waals surface area (Å²) in [4.78, 5) is 0. The Morgan fingerprint density at radius 2 is 2.14 bits per heavy atom. The van der Waals surface area contributed by atoms with E-state index in [-0.39, 0.29) is 18.1 Å². The third-order valence-electron chi connectivity index (χ3n) is 3.62. The highest BCUT2D eigenvalue weighted by Gasteiger charge is 2.25. The van der Waals surface area contributed by atoms with E-state index in [1.165, 1.54) is 6.07 Å². The van der Waals surface area contributed by atoms with Crippen molar-refractivity contribution in [2.24, 2.45) is 0 Å². The highest BCUT2D eigenvalue weighted by atomic mass is 19.1. The van der Waals surface area contributed by atoms with Crippen molar-refractivity contribution in [3.05, 3.63) is 35.8 Å². The SMILES string of the molecule is CCCNC(CC1OCCO1)c1cc2cccc(F)c2o1. The molecule has 0 bridgehead atoms. The third-order valence-corrected chi connectivity index (χ3v) is 3.62. The molecule has 4 nitrogen and oxygen atoms in total. The van der Waals surface area contributed by atoms with Crippen LogP contribution in [0, 0.1) is 5.82 Å². The molecule has 1 aromatic heterocycles. The second-order valence-electron chi connectivity index (χ2n) is 5.22. The Morgan fingerprint density at radius 1 is 1.33 bits per heavy atom. The molecular formula is C16H20FNO3. The van der Waals surface area contributed by atoms with Gasteiger partial charge in [-0.25, -0.2) is 4.39 Å². The molecule has 5 heteroatoms. The number of hydrogen-bond donors (Lipinski definition) is 1. The zero-order chi connectivity index (χ0) is 14.7. The second kappa shape index (κ2) is 6.56. The maximum absolute atomic E-state index is 13.8. The Kier molecular flexibility index (Phi) is 4.53. The molecule has 0 saturated carbocycles. The van der Waals surface area contributed by atoms with Crippen LogP contribution >= 0.6 is 0 Å². The van der Waals surface area contributed by atoms with E-state index >= 15 is 0 Å². The van der Waals surface area contributed by atoms with Crippen LogP contribution in [0.25, 0.3) is 11.0 Å². The first-order chi connectivity index (χ1) is 10.3. The minimum Gasteiger partial charge on any atom is -0.456 e. The number of fused-ring (bicyclic) bond motifs is 1. The van der Waals surface area contributed by atoms with Crippen LogP contribution in [0.1, 0.15) is 31.6 Å². The normalized spacial score (nSPS) is 17.6. The van der Waals surface area contributed by atoms with Gasteiger partial charge < -0.3 is 19.2 Å². The minimum atomic E-state index is -0.332. The van der Waals surface area contributed by atoms with Crippen LogP contribution < -0.4 is 5.32 Å². The van der Waals surface area contributed by atoms with Gasteiger partial charge in [0, 0.05) is 11.8 Å². The Bertz CT molecular complexity index is 592. The number of ether oxygens (including phenoxy) is 2. The number of benzene rings is 1. The summed E-state index contributed by atoms with van der Waals surface area (Å²) in [6.07, 6.45) is 1.44. The number of rotatable bonds is 6. The van der Waals surface area contributed by atoms with Crippen LogP contribution in [0.2, 0.25) is 0 Å². The van der Waals surface area contributed by atoms with E-state index in [1.807, 2.05) is 12.1 Å². The number of furan rings is 1. The van der Waals surface area contributed by atoms with E-state index in [0.717, 1.165) is 24.1 Å². The van der Waals surface area contributed by atoms with Crippen molar-refractivity contribution < 1.29 is 18.3 Å². The molecule has 0 spiro atoms. The minimum absolute atomic E-state index is 0.0418. The van der Waals surface area contributed by atoms with Gasteiger partial charge in [0.1, 0.15) is 5.76 Å². The van der Waals surface area contributed by atoms with E-state index in [2.05, 4.69) is 12.2 Å². The predicted molar refractivity (Wildman–Crippen MR) is 77.5 cm³/mol. The quantitative estimate of drug-likeness (QED) is 0.886. The van der Waals surface area contributed by atoms with E-state index in [1.54, 1.807) is 6.07 Å². The molecule has 114 valence electrons. The Hall–Kier alpha value is -1.43. The zero-order valence-corrected chi connectivity index (χ0v) is 12.1. The summed E-state index contributed by atoms with van der Waals surface area (Å²) in [7, 11) is 0. The molecule has 21 heavy (non-hydrogen) atoms. The number of hydrogen-bond acceptors (Lipinski definition) is 4. The second-order valence-corrected chi connectivity index (χ2v) is 5.22. The van der Waals surface area contributed by atoms with Crippen LogP contribution in [0.3, 0.4) is 0 Å². The van der Waals surface area contributed by atoms with Crippen molar-refractivity contribution in [2.45, 2.75) is 32.1 Å². The lowest BCUT2D eigenvalue weighted by atomic mass is 10.1. The Morgan fingerprint density at radius 3 is 2.86 bits per heavy atom. The van der Waals surface area contributed by atoms with E-state index < -0.39 is 0 Å². The number of nitrogens with one attached hydrogen (secondary N) is 1. The molecule has 3 rings (SSSR count). The van der Waals surface area contributed by atoms with Crippen molar-refractivity contribution in [2.75, 3.05) is 19.8 Å². The monoisotopic (exact) mass is 293 g/mol. The molecule has 2 aromatic rings. The largest absolute Gasteiger partial charge is 0.456 e. The summed E-state index contributed by atoms with van der Waals surface area (Å²) in [5.41, 5.74) is 0.309. The average molecular weight is 293 g/mol. The van der Waals surface area contributed by atoms with Crippen LogP contribution in [-0.4, -0.2) is 26.0 Å². The van der Waals surface area contributed by atoms with Crippen LogP contribution in [0.15, 0.2) is 28.7 Å². The Labute approximate surface area is 123 Å². The average Bonchev–Trinajstić information content (AvgIpc) is 3.13. The number of halogens is 1. The fourth-order valence-corrected chi connectivity index (χ4v) is 2.57. The topological polar surface area (TPSA) is 43.6 Å². The maximum Gasteiger partial charge on any atom is 0.169 e. The first kappa shape index (κ1) is 14.5. The fourth-order valence-electron chi connectivity index (χ4n) is 2.57. The van der Waals surface area contributed by atoms with Crippen molar-refractivity contribution in [1.29, 1.82) is 0 Å². The standard InChI is InChI=1S/C16H20FNO3/c1-2-6-18-13(10-15-19-7-8-20-15)14-9-11-4-3-5-12(17)16(11)21-14/h3-5,9,13,15,18H,2,6-8,10H2,1H3. The van der Waals surface area contributed by atoms with Gasteiger partial charge in [-0.05, 0) is 25.1 Å². The Balaban J connectivity index is 1.83. The van der Waals surface area contributed by atoms with E-state index in [4.69, 9.17) is 13.9 Å². The van der Waals surface area contributed by atoms with Gasteiger partial charge in [-0.15, -0.1) is 0 Å². The van der Waals surface area contributed by atoms with Crippen molar-refractivity contribution >= 4 is 11.0 Å². The highest BCUT2D eigenvalue weighted by Crippen LogP contribution is 2.29. The fraction of sp³-hybridized carbons (Fsp3) is 0.500. The summed E-state index contributed by atoms with van der Waals surface area (Å²) in [6.45, 7) is 4.21. The van der Waals surface area contributed by atoms with E-state index in [0.29, 0.717) is 25.2 Å². The molecule has 1 N–H and O–H groups in total. The first-order valence-electron chi connectivity index (χ1n) is 7.42. The molecule has 2 heterocycles. The van der Waals surface area contributed by atoms with Crippen molar-refractivity contribution in [1.82, 2.24) is 5.32 Å². The van der Waals surface area contributed by atoms with Crippen molar-refractivity contribution in [3.8, 4) is 0 Å². The van der Waals surface area contributed by atoms with Gasteiger partial charge in [0.15, 0.2) is 17.7 Å². The summed E-state index contributed by atoms with van der Waals surface area (Å²) in [5, 5.41) is 4.20. The van der Waals surface area contributed by atoms with Gasteiger partial charge in [-0.3, -0.25) is 0 Å². The molecule has 1 aromatic carbocycles. The molecule has 1 saturated heterocycles. The first-order valence-corrected chi connectivity index (χ1v) is 7.42. The van der Waals surface area contributed by atoms with Crippen LogP contribution in [0.4, 0.5) is 4.39 Å². The van der Waals surface area contributed by atoms with Gasteiger partial charge in [-0.2, -0.15) is 0 Å². The molecule has 1 atom stereocenters. The smallest absolute Gasteiger partial charge is 0.169 e. The molecule has 0 aliphatic carbocycles. The highest BCUT2D eigenvalue weighted by molar-refractivity contribution is 5.78. The predicted octanol–water partition coefficient (Wildman–Crippen LogP) is 3.38. The van der Waals surface area contributed by atoms with Gasteiger partial charge in [0.25, 0.3) is 0 Å². The molecule has 1 fully saturated rings. The molecule has 1 unspecified atom stereocenters. The molecule has 0 radical (unpaired) electrons. The van der Waals surface area contributed by atoms with Crippen molar-refractivity contribution in [3.63, 3.8) is 0 Å². The summed E-state index contributed by atoms with van der Waals surface area (Å²) in [6, 6.07) is 6.80. The van der Waals surface area contributed by atoms with Gasteiger partial charge in [0.05, 0.1) is 19.3 Å². The lowest BCUT2D eigenvalue weighted by Crippen LogP contribution is -2.26. The van der Waals surface area contributed by atoms with Crippen LogP contribution in [-0.2, 0) is 9.47 Å².